The molecule has 1 rings (SSSR count). The van der Waals surface area contributed by atoms with Crippen molar-refractivity contribution < 1.29 is 12.8 Å². The number of nitrogens with two attached hydrogens (primary N) is 1. The van der Waals surface area contributed by atoms with Crippen LogP contribution in [0, 0.1) is 11.7 Å². The Labute approximate surface area is 118 Å². The van der Waals surface area contributed by atoms with Crippen molar-refractivity contribution in [3.63, 3.8) is 0 Å². The van der Waals surface area contributed by atoms with E-state index >= 15 is 0 Å². The van der Waals surface area contributed by atoms with Crippen molar-refractivity contribution in [1.29, 1.82) is 0 Å². The molecular weight excluding hydrogens is 291 g/mol. The Morgan fingerprint density at radius 1 is 1.47 bits per heavy atom. The van der Waals surface area contributed by atoms with E-state index in [9.17, 15) is 12.8 Å². The van der Waals surface area contributed by atoms with Crippen LogP contribution in [0.15, 0.2) is 23.1 Å². The molecule has 0 amide bonds. The molecule has 3 N–H and O–H groups in total. The molecule has 0 aromatic heterocycles. The molecule has 0 heterocycles. The zero-order valence-electron chi connectivity index (χ0n) is 11.1. The predicted octanol–water partition coefficient (Wildman–Crippen LogP) is 2.13. The van der Waals surface area contributed by atoms with Crippen molar-refractivity contribution in [2.75, 3.05) is 6.54 Å². The molecule has 19 heavy (non-hydrogen) atoms. The molecule has 108 valence electrons. The first kappa shape index (κ1) is 16.4. The minimum absolute atomic E-state index is 0.0281. The van der Waals surface area contributed by atoms with Gasteiger partial charge >= 0.3 is 0 Å². The van der Waals surface area contributed by atoms with E-state index in [1.54, 1.807) is 6.92 Å². The molecule has 0 aliphatic rings. The topological polar surface area (TPSA) is 72.2 Å². The van der Waals surface area contributed by atoms with Crippen LogP contribution < -0.4 is 10.5 Å². The Bertz CT molecular complexity index is 563. The molecule has 1 atom stereocenters. The van der Waals surface area contributed by atoms with Gasteiger partial charge in [-0.15, -0.1) is 0 Å². The molecule has 0 spiro atoms. The highest BCUT2D eigenvalue weighted by Crippen LogP contribution is 2.25. The van der Waals surface area contributed by atoms with E-state index in [-0.39, 0.29) is 22.4 Å². The Balaban J connectivity index is 3.22. The second-order valence-electron chi connectivity index (χ2n) is 4.96. The van der Waals surface area contributed by atoms with Gasteiger partial charge in [-0.1, -0.05) is 25.4 Å². The minimum Gasteiger partial charge on any atom is -0.329 e. The summed E-state index contributed by atoms with van der Waals surface area (Å²) >= 11 is 5.82. The molecule has 1 unspecified atom stereocenters. The number of rotatable bonds is 5. The third-order valence-electron chi connectivity index (χ3n) is 3.25. The van der Waals surface area contributed by atoms with Crippen molar-refractivity contribution in [2.45, 2.75) is 31.2 Å². The fraction of sp³-hybridized carbons (Fsp3) is 0.500. The second kappa shape index (κ2) is 5.75. The number of sulfonamides is 1. The maximum atomic E-state index is 13.2. The van der Waals surface area contributed by atoms with Crippen LogP contribution in [0.1, 0.15) is 20.8 Å². The number of halogens is 2. The lowest BCUT2D eigenvalue weighted by Crippen LogP contribution is -2.54. The maximum Gasteiger partial charge on any atom is 0.242 e. The van der Waals surface area contributed by atoms with Gasteiger partial charge in [-0.2, -0.15) is 0 Å². The summed E-state index contributed by atoms with van der Waals surface area (Å²) in [6, 6.07) is 3.20. The van der Waals surface area contributed by atoms with Crippen LogP contribution >= 0.6 is 11.6 Å². The van der Waals surface area contributed by atoms with Crippen molar-refractivity contribution in [2.24, 2.45) is 11.7 Å². The average molecular weight is 309 g/mol. The molecule has 1 aromatic rings. The van der Waals surface area contributed by atoms with E-state index in [0.717, 1.165) is 12.1 Å². The molecule has 1 aromatic carbocycles. The van der Waals surface area contributed by atoms with E-state index in [2.05, 4.69) is 4.72 Å². The zero-order valence-corrected chi connectivity index (χ0v) is 12.6. The first-order chi connectivity index (χ1) is 8.62. The van der Waals surface area contributed by atoms with Gasteiger partial charge in [-0.25, -0.2) is 17.5 Å². The summed E-state index contributed by atoms with van der Waals surface area (Å²) in [5.74, 6) is -0.691. The number of nitrogens with one attached hydrogen (secondary N) is 1. The molecule has 4 nitrogen and oxygen atoms in total. The molecular formula is C12H18ClFN2O2S. The van der Waals surface area contributed by atoms with Gasteiger partial charge in [0.1, 0.15) is 10.7 Å². The van der Waals surface area contributed by atoms with Gasteiger partial charge in [0.2, 0.25) is 10.0 Å². The van der Waals surface area contributed by atoms with Crippen molar-refractivity contribution in [1.82, 2.24) is 4.72 Å². The average Bonchev–Trinajstić information content (AvgIpc) is 2.31. The predicted molar refractivity (Wildman–Crippen MR) is 74.0 cm³/mol. The maximum absolute atomic E-state index is 13.2. The van der Waals surface area contributed by atoms with Crippen LogP contribution in [-0.4, -0.2) is 20.5 Å². The highest BCUT2D eigenvalue weighted by molar-refractivity contribution is 7.89. The van der Waals surface area contributed by atoms with Crippen LogP contribution in [-0.2, 0) is 10.0 Å². The third-order valence-corrected chi connectivity index (χ3v) is 5.34. The van der Waals surface area contributed by atoms with Crippen molar-refractivity contribution in [3.8, 4) is 0 Å². The lowest BCUT2D eigenvalue weighted by atomic mass is 9.90. The monoisotopic (exact) mass is 308 g/mol. The summed E-state index contributed by atoms with van der Waals surface area (Å²) in [6.07, 6.45) is 0. The first-order valence-corrected chi connectivity index (χ1v) is 7.67. The lowest BCUT2D eigenvalue weighted by Gasteiger charge is -2.33. The molecule has 0 saturated carbocycles. The summed E-state index contributed by atoms with van der Waals surface area (Å²) in [5.41, 5.74) is 4.80. The first-order valence-electron chi connectivity index (χ1n) is 5.81. The van der Waals surface area contributed by atoms with Crippen molar-refractivity contribution >= 4 is 21.6 Å². The highest BCUT2D eigenvalue weighted by atomic mass is 35.5. The standard InChI is InChI=1S/C12H18ClFN2O2S/c1-8(2)12(3,7-15)16-19(17,18)11-6-9(14)4-5-10(11)13/h4-6,8,16H,7,15H2,1-3H3. The molecule has 0 bridgehead atoms. The summed E-state index contributed by atoms with van der Waals surface area (Å²) in [4.78, 5) is -0.283. The van der Waals surface area contributed by atoms with Gasteiger partial charge in [-0.05, 0) is 31.0 Å². The van der Waals surface area contributed by atoms with Crippen LogP contribution in [0.3, 0.4) is 0 Å². The highest BCUT2D eigenvalue weighted by Gasteiger charge is 2.33. The van der Waals surface area contributed by atoms with Gasteiger partial charge < -0.3 is 5.73 Å². The molecule has 0 fully saturated rings. The SMILES string of the molecule is CC(C)C(C)(CN)NS(=O)(=O)c1cc(F)ccc1Cl. The van der Waals surface area contributed by atoms with E-state index in [1.807, 2.05) is 13.8 Å². The van der Waals surface area contributed by atoms with E-state index < -0.39 is 21.4 Å². The Hall–Kier alpha value is -0.690. The summed E-state index contributed by atoms with van der Waals surface area (Å²) in [7, 11) is -3.93. The Morgan fingerprint density at radius 3 is 2.53 bits per heavy atom. The van der Waals surface area contributed by atoms with Crippen LogP contribution in [0.25, 0.3) is 0 Å². The van der Waals surface area contributed by atoms with E-state index in [0.29, 0.717) is 0 Å². The number of hydrogen-bond donors (Lipinski definition) is 2. The molecule has 7 heteroatoms. The summed E-state index contributed by atoms with van der Waals surface area (Å²) in [5, 5.41) is -0.0305. The lowest BCUT2D eigenvalue weighted by molar-refractivity contribution is 0.315. The smallest absolute Gasteiger partial charge is 0.242 e. The summed E-state index contributed by atoms with van der Waals surface area (Å²) in [6.45, 7) is 5.52. The second-order valence-corrected chi connectivity index (χ2v) is 7.01. The molecule has 0 radical (unpaired) electrons. The summed E-state index contributed by atoms with van der Waals surface area (Å²) < 4.78 is 40.2. The van der Waals surface area contributed by atoms with Gasteiger partial charge in [-0.3, -0.25) is 0 Å². The number of benzene rings is 1. The normalized spacial score (nSPS) is 15.5. The van der Waals surface area contributed by atoms with Gasteiger partial charge in [0, 0.05) is 12.1 Å². The van der Waals surface area contributed by atoms with E-state index in [4.69, 9.17) is 17.3 Å². The quantitative estimate of drug-likeness (QED) is 0.875. The fourth-order valence-corrected chi connectivity index (χ4v) is 3.50. The number of hydrogen-bond acceptors (Lipinski definition) is 3. The van der Waals surface area contributed by atoms with E-state index in [1.165, 1.54) is 6.07 Å². The minimum atomic E-state index is -3.93. The van der Waals surface area contributed by atoms with Gasteiger partial charge in [0.05, 0.1) is 5.02 Å². The van der Waals surface area contributed by atoms with Crippen LogP contribution in [0.2, 0.25) is 5.02 Å². The fourth-order valence-electron chi connectivity index (χ4n) is 1.44. The van der Waals surface area contributed by atoms with Crippen LogP contribution in [0.4, 0.5) is 4.39 Å². The molecule has 0 aliphatic heterocycles. The third kappa shape index (κ3) is 3.66. The molecule has 0 saturated heterocycles. The molecule has 0 aliphatic carbocycles. The Kier molecular flexibility index (Phi) is 4.95. The zero-order chi connectivity index (χ0) is 14.8. The van der Waals surface area contributed by atoms with Gasteiger partial charge in [0.25, 0.3) is 0 Å². The van der Waals surface area contributed by atoms with Crippen molar-refractivity contribution in [3.05, 3.63) is 29.0 Å². The van der Waals surface area contributed by atoms with Crippen LogP contribution in [0.5, 0.6) is 0 Å². The van der Waals surface area contributed by atoms with Gasteiger partial charge in [0.15, 0.2) is 0 Å². The largest absolute Gasteiger partial charge is 0.329 e. The Morgan fingerprint density at radius 2 is 2.05 bits per heavy atom.